The van der Waals surface area contributed by atoms with Crippen LogP contribution in [0, 0.1) is 6.92 Å². The van der Waals surface area contributed by atoms with Gasteiger partial charge in [-0.2, -0.15) is 4.99 Å². The molecule has 0 aliphatic rings. The number of amides is 1. The van der Waals surface area contributed by atoms with Crippen molar-refractivity contribution >= 4 is 45.1 Å². The molecule has 0 aliphatic carbocycles. The molecule has 0 fully saturated rings. The molecular formula is C21H21ClN2O2S. The number of nitrogens with zero attached hydrogens (tertiary/aromatic N) is 2. The number of thiazole rings is 1. The Hall–Kier alpha value is -2.21. The highest BCUT2D eigenvalue weighted by atomic mass is 35.5. The predicted molar refractivity (Wildman–Crippen MR) is 112 cm³/mol. The standard InChI is InChI=1S/C21H21ClN2O2S/c1-3-26-13-12-24-18-10-8-15(2)14-19(18)27-21(24)23-20(25)11-9-16-6-4-5-7-17(16)22/h4-11,14H,3,12-13H2,1-2H3/b11-9+,23-21?. The van der Waals surface area contributed by atoms with Gasteiger partial charge < -0.3 is 9.30 Å². The quantitative estimate of drug-likeness (QED) is 0.439. The van der Waals surface area contributed by atoms with Gasteiger partial charge in [-0.15, -0.1) is 0 Å². The van der Waals surface area contributed by atoms with Gasteiger partial charge in [0.05, 0.1) is 16.8 Å². The number of hydrogen-bond donors (Lipinski definition) is 0. The van der Waals surface area contributed by atoms with E-state index in [9.17, 15) is 4.79 Å². The molecule has 3 rings (SSSR count). The Morgan fingerprint density at radius 3 is 2.89 bits per heavy atom. The van der Waals surface area contributed by atoms with Gasteiger partial charge in [-0.1, -0.05) is 47.2 Å². The molecule has 0 aliphatic heterocycles. The number of carbonyl (C=O) groups excluding carboxylic acids is 1. The van der Waals surface area contributed by atoms with Crippen molar-refractivity contribution in [3.8, 4) is 0 Å². The highest BCUT2D eigenvalue weighted by molar-refractivity contribution is 7.16. The maximum absolute atomic E-state index is 12.4. The fraction of sp³-hybridized carbons (Fsp3) is 0.238. The molecule has 0 N–H and O–H groups in total. The second-order valence-corrected chi connectivity index (χ2v) is 7.43. The fourth-order valence-electron chi connectivity index (χ4n) is 2.68. The SMILES string of the molecule is CCOCCn1c(=NC(=O)/C=C/c2ccccc2Cl)sc2cc(C)ccc21. The minimum absolute atomic E-state index is 0.316. The van der Waals surface area contributed by atoms with Crippen LogP contribution < -0.4 is 4.80 Å². The molecule has 140 valence electrons. The van der Waals surface area contributed by atoms with Crippen molar-refractivity contribution in [3.63, 3.8) is 0 Å². The van der Waals surface area contributed by atoms with Crippen LogP contribution in [0.1, 0.15) is 18.1 Å². The van der Waals surface area contributed by atoms with E-state index in [-0.39, 0.29) is 5.91 Å². The van der Waals surface area contributed by atoms with Crippen molar-refractivity contribution in [1.82, 2.24) is 4.57 Å². The zero-order chi connectivity index (χ0) is 19.2. The first-order valence-electron chi connectivity index (χ1n) is 8.77. The Morgan fingerprint density at radius 1 is 1.30 bits per heavy atom. The van der Waals surface area contributed by atoms with Crippen LogP contribution in [0.3, 0.4) is 0 Å². The first-order chi connectivity index (χ1) is 13.1. The van der Waals surface area contributed by atoms with Crippen molar-refractivity contribution in [2.24, 2.45) is 4.99 Å². The number of fused-ring (bicyclic) bond motifs is 1. The largest absolute Gasteiger partial charge is 0.380 e. The van der Waals surface area contributed by atoms with Gasteiger partial charge in [0.25, 0.3) is 5.91 Å². The molecule has 6 heteroatoms. The minimum Gasteiger partial charge on any atom is -0.380 e. The Balaban J connectivity index is 1.94. The van der Waals surface area contributed by atoms with Gasteiger partial charge >= 0.3 is 0 Å². The molecule has 27 heavy (non-hydrogen) atoms. The van der Waals surface area contributed by atoms with Crippen LogP contribution in [0.2, 0.25) is 5.02 Å². The number of ether oxygens (including phenoxy) is 1. The van der Waals surface area contributed by atoms with Crippen LogP contribution in [0.15, 0.2) is 53.5 Å². The molecule has 1 aromatic heterocycles. The van der Waals surface area contributed by atoms with Crippen molar-refractivity contribution in [3.05, 3.63) is 69.5 Å². The van der Waals surface area contributed by atoms with Crippen LogP contribution >= 0.6 is 22.9 Å². The molecule has 0 saturated heterocycles. The lowest BCUT2D eigenvalue weighted by Gasteiger charge is -2.05. The molecule has 0 bridgehead atoms. The summed E-state index contributed by atoms with van der Waals surface area (Å²) in [6.07, 6.45) is 3.14. The van der Waals surface area contributed by atoms with E-state index in [1.807, 2.05) is 29.7 Å². The summed E-state index contributed by atoms with van der Waals surface area (Å²) in [5.41, 5.74) is 3.03. The lowest BCUT2D eigenvalue weighted by atomic mass is 10.2. The summed E-state index contributed by atoms with van der Waals surface area (Å²) >= 11 is 7.63. The van der Waals surface area contributed by atoms with Crippen molar-refractivity contribution in [2.45, 2.75) is 20.4 Å². The maximum Gasteiger partial charge on any atom is 0.272 e. The molecule has 1 heterocycles. The fourth-order valence-corrected chi connectivity index (χ4v) is 4.04. The summed E-state index contributed by atoms with van der Waals surface area (Å²) in [6.45, 7) is 5.91. The average molecular weight is 401 g/mol. The predicted octanol–water partition coefficient (Wildman–Crippen LogP) is 4.84. The molecule has 2 aromatic carbocycles. The molecule has 0 radical (unpaired) electrons. The van der Waals surface area contributed by atoms with Crippen LogP contribution in [0.25, 0.3) is 16.3 Å². The Morgan fingerprint density at radius 2 is 2.11 bits per heavy atom. The minimum atomic E-state index is -0.316. The van der Waals surface area contributed by atoms with E-state index in [1.54, 1.807) is 12.1 Å². The number of hydrogen-bond acceptors (Lipinski definition) is 3. The van der Waals surface area contributed by atoms with Crippen LogP contribution in [-0.2, 0) is 16.1 Å². The van der Waals surface area contributed by atoms with E-state index in [0.29, 0.717) is 29.6 Å². The zero-order valence-electron chi connectivity index (χ0n) is 15.3. The van der Waals surface area contributed by atoms with E-state index in [0.717, 1.165) is 15.8 Å². The number of carbonyl (C=O) groups is 1. The first-order valence-corrected chi connectivity index (χ1v) is 9.97. The smallest absolute Gasteiger partial charge is 0.272 e. The Kier molecular flexibility index (Phi) is 6.61. The molecule has 4 nitrogen and oxygen atoms in total. The summed E-state index contributed by atoms with van der Waals surface area (Å²) in [6, 6.07) is 13.6. The molecule has 0 spiro atoms. The maximum atomic E-state index is 12.4. The third-order valence-electron chi connectivity index (χ3n) is 4.02. The molecule has 0 saturated carbocycles. The molecular weight excluding hydrogens is 380 g/mol. The summed E-state index contributed by atoms with van der Waals surface area (Å²) in [5.74, 6) is -0.316. The first kappa shape index (κ1) is 19.5. The number of halogens is 1. The molecule has 1 amide bonds. The lowest BCUT2D eigenvalue weighted by Crippen LogP contribution is -2.19. The second-order valence-electron chi connectivity index (χ2n) is 6.01. The van der Waals surface area contributed by atoms with E-state index >= 15 is 0 Å². The third kappa shape index (κ3) is 4.95. The monoisotopic (exact) mass is 400 g/mol. The van der Waals surface area contributed by atoms with E-state index in [4.69, 9.17) is 16.3 Å². The number of aryl methyl sites for hydroxylation is 1. The number of benzene rings is 2. The van der Waals surface area contributed by atoms with Crippen molar-refractivity contribution < 1.29 is 9.53 Å². The summed E-state index contributed by atoms with van der Waals surface area (Å²) in [4.78, 5) is 17.4. The van der Waals surface area contributed by atoms with Gasteiger partial charge in [-0.3, -0.25) is 4.79 Å². The number of rotatable bonds is 6. The zero-order valence-corrected chi connectivity index (χ0v) is 16.9. The average Bonchev–Trinajstić information content (AvgIpc) is 2.97. The van der Waals surface area contributed by atoms with Gasteiger partial charge in [0, 0.05) is 24.3 Å². The van der Waals surface area contributed by atoms with Gasteiger partial charge in [0.15, 0.2) is 4.80 Å². The molecule has 0 atom stereocenters. The van der Waals surface area contributed by atoms with Gasteiger partial charge in [-0.05, 0) is 49.2 Å². The highest BCUT2D eigenvalue weighted by Crippen LogP contribution is 2.19. The van der Waals surface area contributed by atoms with Crippen LogP contribution in [-0.4, -0.2) is 23.7 Å². The van der Waals surface area contributed by atoms with Gasteiger partial charge in [0.1, 0.15) is 0 Å². The normalized spacial score (nSPS) is 12.3. The van der Waals surface area contributed by atoms with Crippen LogP contribution in [0.4, 0.5) is 0 Å². The summed E-state index contributed by atoms with van der Waals surface area (Å²) in [5, 5.41) is 0.602. The van der Waals surface area contributed by atoms with Crippen LogP contribution in [0.5, 0.6) is 0 Å². The molecule has 0 unspecified atom stereocenters. The third-order valence-corrected chi connectivity index (χ3v) is 5.40. The Bertz CT molecular complexity index is 1050. The lowest BCUT2D eigenvalue weighted by molar-refractivity contribution is -0.113. The van der Waals surface area contributed by atoms with Crippen molar-refractivity contribution in [2.75, 3.05) is 13.2 Å². The van der Waals surface area contributed by atoms with Gasteiger partial charge in [-0.25, -0.2) is 0 Å². The van der Waals surface area contributed by atoms with E-state index in [1.165, 1.54) is 23.0 Å². The topological polar surface area (TPSA) is 43.6 Å². The van der Waals surface area contributed by atoms with Gasteiger partial charge in [0.2, 0.25) is 0 Å². The second kappa shape index (κ2) is 9.13. The molecule has 3 aromatic rings. The highest BCUT2D eigenvalue weighted by Gasteiger charge is 2.07. The summed E-state index contributed by atoms with van der Waals surface area (Å²) in [7, 11) is 0. The number of aromatic nitrogens is 1. The van der Waals surface area contributed by atoms with E-state index in [2.05, 4.69) is 30.1 Å². The Labute approximate surface area is 167 Å². The van der Waals surface area contributed by atoms with Crippen molar-refractivity contribution in [1.29, 1.82) is 0 Å². The van der Waals surface area contributed by atoms with E-state index < -0.39 is 0 Å². The summed E-state index contributed by atoms with van der Waals surface area (Å²) < 4.78 is 8.63.